The topological polar surface area (TPSA) is 54.0 Å². The molecular formula is C9H13N3OS. The van der Waals surface area contributed by atoms with Gasteiger partial charge in [-0.15, -0.1) is 11.3 Å². The van der Waals surface area contributed by atoms with Crippen molar-refractivity contribution in [2.24, 2.45) is 5.92 Å². The lowest BCUT2D eigenvalue weighted by molar-refractivity contribution is -0.127. The first-order valence-electron chi connectivity index (χ1n) is 4.68. The largest absolute Gasteiger partial charge is 0.347 e. The molecule has 0 bridgehead atoms. The summed E-state index contributed by atoms with van der Waals surface area (Å²) in [5, 5.41) is 8.91. The highest BCUT2D eigenvalue weighted by molar-refractivity contribution is 7.09. The van der Waals surface area contributed by atoms with Gasteiger partial charge in [-0.2, -0.15) is 0 Å². The first kappa shape index (κ1) is 9.61. The average molecular weight is 211 g/mol. The Morgan fingerprint density at radius 3 is 3.07 bits per heavy atom. The van der Waals surface area contributed by atoms with Crippen LogP contribution in [0.15, 0.2) is 11.6 Å². The van der Waals surface area contributed by atoms with Crippen molar-refractivity contribution < 1.29 is 4.79 Å². The maximum absolute atomic E-state index is 11.6. The molecule has 76 valence electrons. The summed E-state index contributed by atoms with van der Waals surface area (Å²) in [6, 6.07) is 0.0306. The molecule has 14 heavy (non-hydrogen) atoms. The summed E-state index contributed by atoms with van der Waals surface area (Å²) in [6.07, 6.45) is 1.76. The van der Waals surface area contributed by atoms with E-state index in [-0.39, 0.29) is 17.9 Å². The highest BCUT2D eigenvalue weighted by Crippen LogP contribution is 2.15. The molecule has 1 aliphatic rings. The van der Waals surface area contributed by atoms with Crippen molar-refractivity contribution in [3.63, 3.8) is 0 Å². The smallest absolute Gasteiger partial charge is 0.226 e. The molecule has 1 aliphatic heterocycles. The zero-order valence-electron chi connectivity index (χ0n) is 7.99. The molecule has 0 spiro atoms. The van der Waals surface area contributed by atoms with Gasteiger partial charge in [-0.25, -0.2) is 4.98 Å². The molecule has 1 unspecified atom stereocenters. The molecule has 1 aromatic rings. The van der Waals surface area contributed by atoms with E-state index in [4.69, 9.17) is 0 Å². The number of hydrogen-bond donors (Lipinski definition) is 2. The second-order valence-electron chi connectivity index (χ2n) is 3.46. The van der Waals surface area contributed by atoms with Gasteiger partial charge < -0.3 is 10.6 Å². The molecule has 0 aromatic carbocycles. The number of nitrogens with one attached hydrogen (secondary N) is 2. The highest BCUT2D eigenvalue weighted by atomic mass is 32.1. The second-order valence-corrected chi connectivity index (χ2v) is 4.38. The zero-order chi connectivity index (χ0) is 9.97. The van der Waals surface area contributed by atoms with Crippen LogP contribution in [-0.2, 0) is 4.79 Å². The molecule has 1 saturated heterocycles. The van der Waals surface area contributed by atoms with Gasteiger partial charge >= 0.3 is 0 Å². The molecule has 0 saturated carbocycles. The van der Waals surface area contributed by atoms with Crippen molar-refractivity contribution in [2.75, 3.05) is 13.1 Å². The molecule has 5 heteroatoms. The summed E-state index contributed by atoms with van der Waals surface area (Å²) in [4.78, 5) is 15.7. The van der Waals surface area contributed by atoms with Crippen LogP contribution in [0.3, 0.4) is 0 Å². The van der Waals surface area contributed by atoms with E-state index in [1.165, 1.54) is 0 Å². The SMILES string of the molecule is CC(NC(=O)C1CNC1)c1nccs1. The Kier molecular flexibility index (Phi) is 2.79. The number of thiazole rings is 1. The first-order chi connectivity index (χ1) is 6.77. The van der Waals surface area contributed by atoms with Crippen LogP contribution >= 0.6 is 11.3 Å². The summed E-state index contributed by atoms with van der Waals surface area (Å²) < 4.78 is 0. The Hall–Kier alpha value is -0.940. The fourth-order valence-electron chi connectivity index (χ4n) is 1.32. The van der Waals surface area contributed by atoms with Gasteiger partial charge in [0.05, 0.1) is 12.0 Å². The number of carbonyl (C=O) groups excluding carboxylic acids is 1. The lowest BCUT2D eigenvalue weighted by Crippen LogP contribution is -2.51. The molecule has 2 N–H and O–H groups in total. The fourth-order valence-corrected chi connectivity index (χ4v) is 1.96. The van der Waals surface area contributed by atoms with Gasteiger partial charge in [-0.05, 0) is 6.92 Å². The van der Waals surface area contributed by atoms with Gasteiger partial charge in [0.15, 0.2) is 0 Å². The third kappa shape index (κ3) is 1.93. The monoisotopic (exact) mass is 211 g/mol. The molecule has 0 radical (unpaired) electrons. The number of hydrogen-bond acceptors (Lipinski definition) is 4. The van der Waals surface area contributed by atoms with Crippen molar-refractivity contribution >= 4 is 17.2 Å². The summed E-state index contributed by atoms with van der Waals surface area (Å²) in [7, 11) is 0. The molecule has 2 heterocycles. The number of amides is 1. The van der Waals surface area contributed by atoms with Crippen molar-refractivity contribution in [3.8, 4) is 0 Å². The highest BCUT2D eigenvalue weighted by Gasteiger charge is 2.26. The van der Waals surface area contributed by atoms with Crippen molar-refractivity contribution in [3.05, 3.63) is 16.6 Å². The zero-order valence-corrected chi connectivity index (χ0v) is 8.80. The number of rotatable bonds is 3. The Bertz CT molecular complexity index is 308. The quantitative estimate of drug-likeness (QED) is 0.767. The normalized spacial score (nSPS) is 18.6. The lowest BCUT2D eigenvalue weighted by Gasteiger charge is -2.27. The molecule has 4 nitrogen and oxygen atoms in total. The summed E-state index contributed by atoms with van der Waals surface area (Å²) >= 11 is 1.57. The van der Waals surface area contributed by atoms with E-state index in [1.54, 1.807) is 17.5 Å². The van der Waals surface area contributed by atoms with Gasteiger partial charge in [-0.1, -0.05) is 0 Å². The summed E-state index contributed by atoms with van der Waals surface area (Å²) in [6.45, 7) is 3.57. The van der Waals surface area contributed by atoms with Crippen LogP contribution in [0.5, 0.6) is 0 Å². The molecule has 1 fully saturated rings. The van der Waals surface area contributed by atoms with Crippen LogP contribution < -0.4 is 10.6 Å². The molecule has 1 amide bonds. The van der Waals surface area contributed by atoms with Crippen molar-refractivity contribution in [2.45, 2.75) is 13.0 Å². The van der Waals surface area contributed by atoms with E-state index in [1.807, 2.05) is 12.3 Å². The number of aromatic nitrogens is 1. The van der Waals surface area contributed by atoms with Crippen molar-refractivity contribution in [1.82, 2.24) is 15.6 Å². The van der Waals surface area contributed by atoms with E-state index in [0.29, 0.717) is 0 Å². The molecule has 1 atom stereocenters. The van der Waals surface area contributed by atoms with Gasteiger partial charge in [0.1, 0.15) is 5.01 Å². The van der Waals surface area contributed by atoms with E-state index >= 15 is 0 Å². The molecular weight excluding hydrogens is 198 g/mol. The van der Waals surface area contributed by atoms with Gasteiger partial charge in [0.25, 0.3) is 0 Å². The third-order valence-electron chi connectivity index (χ3n) is 2.33. The minimum Gasteiger partial charge on any atom is -0.347 e. The predicted octanol–water partition coefficient (Wildman–Crippen LogP) is 0.540. The summed E-state index contributed by atoms with van der Waals surface area (Å²) in [5.41, 5.74) is 0. The van der Waals surface area contributed by atoms with E-state index in [9.17, 15) is 4.79 Å². The Morgan fingerprint density at radius 1 is 1.79 bits per heavy atom. The van der Waals surface area contributed by atoms with Crippen LogP contribution in [0.25, 0.3) is 0 Å². The predicted molar refractivity (Wildman–Crippen MR) is 55.0 cm³/mol. The molecule has 0 aliphatic carbocycles. The van der Waals surface area contributed by atoms with Crippen molar-refractivity contribution in [1.29, 1.82) is 0 Å². The van der Waals surface area contributed by atoms with Gasteiger partial charge in [0, 0.05) is 24.7 Å². The van der Waals surface area contributed by atoms with E-state index < -0.39 is 0 Å². The van der Waals surface area contributed by atoms with E-state index in [0.717, 1.165) is 18.1 Å². The van der Waals surface area contributed by atoms with Crippen LogP contribution in [0.1, 0.15) is 18.0 Å². The van der Waals surface area contributed by atoms with Crippen LogP contribution in [0, 0.1) is 5.92 Å². The molecule has 2 rings (SSSR count). The Morgan fingerprint density at radius 2 is 2.57 bits per heavy atom. The number of carbonyl (C=O) groups is 1. The molecule has 1 aromatic heterocycles. The second kappa shape index (κ2) is 4.06. The summed E-state index contributed by atoms with van der Waals surface area (Å²) in [5.74, 6) is 0.281. The minimum absolute atomic E-state index is 0.0306. The standard InChI is InChI=1S/C9H13N3OS/c1-6(9-11-2-3-14-9)12-8(13)7-4-10-5-7/h2-3,6-7,10H,4-5H2,1H3,(H,12,13). The van der Waals surface area contributed by atoms with Crippen LogP contribution in [0.4, 0.5) is 0 Å². The van der Waals surface area contributed by atoms with Crippen LogP contribution in [-0.4, -0.2) is 24.0 Å². The maximum atomic E-state index is 11.6. The Labute approximate surface area is 86.7 Å². The number of nitrogens with zero attached hydrogens (tertiary/aromatic N) is 1. The van der Waals surface area contributed by atoms with Gasteiger partial charge in [0.2, 0.25) is 5.91 Å². The third-order valence-corrected chi connectivity index (χ3v) is 3.29. The lowest BCUT2D eigenvalue weighted by atomic mass is 10.0. The van der Waals surface area contributed by atoms with Crippen LogP contribution in [0.2, 0.25) is 0 Å². The maximum Gasteiger partial charge on any atom is 0.226 e. The van der Waals surface area contributed by atoms with E-state index in [2.05, 4.69) is 15.6 Å². The first-order valence-corrected chi connectivity index (χ1v) is 5.56. The fraction of sp³-hybridized carbons (Fsp3) is 0.556. The average Bonchev–Trinajstić information content (AvgIpc) is 2.51. The minimum atomic E-state index is 0.0306. The Balaban J connectivity index is 1.87. The van der Waals surface area contributed by atoms with Gasteiger partial charge in [-0.3, -0.25) is 4.79 Å².